The fraction of sp³-hybridized carbons (Fsp3) is 0.474. The molecule has 5 amide bonds. The smallest absolute Gasteiger partial charge is 0.317 e. The fourth-order valence-electron chi connectivity index (χ4n) is 2.94. The van der Waals surface area contributed by atoms with Gasteiger partial charge in [0, 0.05) is 37.8 Å². The first-order chi connectivity index (χ1) is 12.8. The van der Waals surface area contributed by atoms with Crippen molar-refractivity contribution >= 4 is 23.8 Å². The number of hydrogen-bond donors (Lipinski definition) is 2. The molecule has 0 saturated heterocycles. The molecule has 2 rings (SSSR count). The molecular weight excluding hydrogens is 348 g/mol. The largest absolute Gasteiger partial charge is 0.350 e. The molecule has 0 unspecified atom stereocenters. The number of imide groups is 1. The quantitative estimate of drug-likeness (QED) is 0.558. The number of benzene rings is 1. The maximum absolute atomic E-state index is 12.4. The van der Waals surface area contributed by atoms with Gasteiger partial charge in [-0.2, -0.15) is 0 Å². The number of hydrogen-bond acceptors (Lipinski definition) is 4. The lowest BCUT2D eigenvalue weighted by molar-refractivity contribution is 0.0609. The zero-order chi connectivity index (χ0) is 20.1. The van der Waals surface area contributed by atoms with E-state index in [0.29, 0.717) is 30.8 Å². The van der Waals surface area contributed by atoms with Crippen molar-refractivity contribution in [3.05, 3.63) is 34.9 Å². The summed E-state index contributed by atoms with van der Waals surface area (Å²) in [4.78, 5) is 51.6. The third-order valence-electron chi connectivity index (χ3n) is 4.43. The number of fused-ring (bicyclic) bond motifs is 1. The molecule has 8 heteroatoms. The van der Waals surface area contributed by atoms with E-state index in [1.54, 1.807) is 18.7 Å². The van der Waals surface area contributed by atoms with Crippen LogP contribution in [0.2, 0.25) is 0 Å². The minimum Gasteiger partial charge on any atom is -0.350 e. The number of rotatable bonds is 7. The second-order valence-corrected chi connectivity index (χ2v) is 6.49. The molecule has 0 spiro atoms. The summed E-state index contributed by atoms with van der Waals surface area (Å²) in [6.07, 6.45) is 0. The first-order valence-corrected chi connectivity index (χ1v) is 9.14. The lowest BCUT2D eigenvalue weighted by Crippen LogP contribution is -2.42. The van der Waals surface area contributed by atoms with Gasteiger partial charge >= 0.3 is 6.03 Å². The molecular formula is C19H26N4O4. The Labute approximate surface area is 158 Å². The molecule has 0 aromatic heterocycles. The maximum atomic E-state index is 12.4. The van der Waals surface area contributed by atoms with Crippen LogP contribution in [0.5, 0.6) is 0 Å². The van der Waals surface area contributed by atoms with Crippen LogP contribution in [-0.4, -0.2) is 65.8 Å². The Bertz CT molecular complexity index is 756. The molecule has 0 saturated carbocycles. The topological polar surface area (TPSA) is 98.8 Å². The van der Waals surface area contributed by atoms with Gasteiger partial charge < -0.3 is 15.5 Å². The van der Waals surface area contributed by atoms with Gasteiger partial charge in [-0.05, 0) is 45.9 Å². The Kier molecular flexibility index (Phi) is 6.55. The highest BCUT2D eigenvalue weighted by atomic mass is 16.2. The van der Waals surface area contributed by atoms with Crippen LogP contribution in [0, 0.1) is 0 Å². The molecule has 1 aliphatic rings. The molecule has 8 nitrogen and oxygen atoms in total. The fourth-order valence-corrected chi connectivity index (χ4v) is 2.94. The molecule has 1 aromatic carbocycles. The van der Waals surface area contributed by atoms with Crippen LogP contribution in [0.25, 0.3) is 0 Å². The van der Waals surface area contributed by atoms with E-state index in [-0.39, 0.29) is 41.9 Å². The first kappa shape index (κ1) is 20.4. The van der Waals surface area contributed by atoms with Gasteiger partial charge in [0.15, 0.2) is 0 Å². The van der Waals surface area contributed by atoms with E-state index in [1.165, 1.54) is 23.1 Å². The average molecular weight is 374 g/mol. The maximum Gasteiger partial charge on any atom is 0.317 e. The highest BCUT2D eigenvalue weighted by Crippen LogP contribution is 2.25. The van der Waals surface area contributed by atoms with Gasteiger partial charge in [-0.15, -0.1) is 0 Å². The molecule has 0 radical (unpaired) electrons. The van der Waals surface area contributed by atoms with E-state index in [2.05, 4.69) is 10.6 Å². The van der Waals surface area contributed by atoms with Gasteiger partial charge in [-0.1, -0.05) is 0 Å². The van der Waals surface area contributed by atoms with Crippen LogP contribution in [0.15, 0.2) is 18.2 Å². The standard InChI is InChI=1S/C19H26N4O4/c1-5-22(6-2)19(27)21-10-9-20-16(24)13-7-8-14-15(11-13)18(26)23(12(3)4)17(14)25/h7-8,11-12H,5-6,9-10H2,1-4H3,(H,20,24)(H,21,27). The third-order valence-corrected chi connectivity index (χ3v) is 4.43. The summed E-state index contributed by atoms with van der Waals surface area (Å²) < 4.78 is 0. The second kappa shape index (κ2) is 8.66. The van der Waals surface area contributed by atoms with Crippen molar-refractivity contribution in [2.24, 2.45) is 0 Å². The van der Waals surface area contributed by atoms with Crippen LogP contribution in [0.1, 0.15) is 58.8 Å². The molecule has 0 fully saturated rings. The highest BCUT2D eigenvalue weighted by Gasteiger charge is 2.37. The van der Waals surface area contributed by atoms with E-state index in [1.807, 2.05) is 13.8 Å². The summed E-state index contributed by atoms with van der Waals surface area (Å²) in [5, 5.41) is 5.43. The third kappa shape index (κ3) is 4.27. The molecule has 27 heavy (non-hydrogen) atoms. The highest BCUT2D eigenvalue weighted by molar-refractivity contribution is 6.22. The van der Waals surface area contributed by atoms with E-state index >= 15 is 0 Å². The predicted octanol–water partition coefficient (Wildman–Crippen LogP) is 1.47. The van der Waals surface area contributed by atoms with Crippen molar-refractivity contribution in [3.63, 3.8) is 0 Å². The summed E-state index contributed by atoms with van der Waals surface area (Å²) >= 11 is 0. The minimum absolute atomic E-state index is 0.176. The molecule has 0 bridgehead atoms. The second-order valence-electron chi connectivity index (χ2n) is 6.49. The van der Waals surface area contributed by atoms with E-state index in [0.717, 1.165) is 0 Å². The molecule has 146 valence electrons. The molecule has 1 aliphatic heterocycles. The van der Waals surface area contributed by atoms with Crippen LogP contribution in [-0.2, 0) is 0 Å². The summed E-state index contributed by atoms with van der Waals surface area (Å²) in [5.74, 6) is -1.08. The summed E-state index contributed by atoms with van der Waals surface area (Å²) in [6, 6.07) is 4.06. The minimum atomic E-state index is -0.383. The SMILES string of the molecule is CCN(CC)C(=O)NCCNC(=O)c1ccc2c(c1)C(=O)N(C(C)C)C2=O. The van der Waals surface area contributed by atoms with E-state index in [9.17, 15) is 19.2 Å². The zero-order valence-electron chi connectivity index (χ0n) is 16.2. The van der Waals surface area contributed by atoms with Crippen molar-refractivity contribution in [1.29, 1.82) is 0 Å². The van der Waals surface area contributed by atoms with Crippen LogP contribution >= 0.6 is 0 Å². The Hall–Kier alpha value is -2.90. The number of nitrogens with one attached hydrogen (secondary N) is 2. The van der Waals surface area contributed by atoms with Crippen molar-refractivity contribution < 1.29 is 19.2 Å². The van der Waals surface area contributed by atoms with Gasteiger partial charge in [0.2, 0.25) is 0 Å². The zero-order valence-corrected chi connectivity index (χ0v) is 16.2. The summed E-state index contributed by atoms with van der Waals surface area (Å²) in [5.41, 5.74) is 0.864. The van der Waals surface area contributed by atoms with Crippen LogP contribution in [0.4, 0.5) is 4.79 Å². The van der Waals surface area contributed by atoms with Crippen LogP contribution in [0.3, 0.4) is 0 Å². The van der Waals surface area contributed by atoms with Crippen molar-refractivity contribution in [3.8, 4) is 0 Å². The van der Waals surface area contributed by atoms with E-state index in [4.69, 9.17) is 0 Å². The van der Waals surface area contributed by atoms with Gasteiger partial charge in [0.1, 0.15) is 0 Å². The van der Waals surface area contributed by atoms with Gasteiger partial charge in [0.05, 0.1) is 11.1 Å². The summed E-state index contributed by atoms with van der Waals surface area (Å²) in [6.45, 7) is 9.10. The van der Waals surface area contributed by atoms with Gasteiger partial charge in [0.25, 0.3) is 17.7 Å². The van der Waals surface area contributed by atoms with Crippen molar-refractivity contribution in [2.45, 2.75) is 33.7 Å². The van der Waals surface area contributed by atoms with Crippen molar-refractivity contribution in [2.75, 3.05) is 26.2 Å². The monoisotopic (exact) mass is 374 g/mol. The Morgan fingerprint density at radius 2 is 1.59 bits per heavy atom. The lowest BCUT2D eigenvalue weighted by atomic mass is 10.1. The van der Waals surface area contributed by atoms with E-state index < -0.39 is 0 Å². The normalized spacial score (nSPS) is 13.0. The molecule has 0 atom stereocenters. The number of carbonyl (C=O) groups excluding carboxylic acids is 4. The number of urea groups is 1. The number of amides is 5. The number of nitrogens with zero attached hydrogens (tertiary/aromatic N) is 2. The number of carbonyl (C=O) groups is 4. The van der Waals surface area contributed by atoms with Gasteiger partial charge in [-0.25, -0.2) is 4.79 Å². The predicted molar refractivity (Wildman–Crippen MR) is 101 cm³/mol. The molecule has 2 N–H and O–H groups in total. The van der Waals surface area contributed by atoms with Crippen LogP contribution < -0.4 is 10.6 Å². The first-order valence-electron chi connectivity index (χ1n) is 9.14. The molecule has 1 aromatic rings. The van der Waals surface area contributed by atoms with Crippen molar-refractivity contribution in [1.82, 2.24) is 20.4 Å². The lowest BCUT2D eigenvalue weighted by Gasteiger charge is -2.19. The molecule has 0 aliphatic carbocycles. The van der Waals surface area contributed by atoms with Gasteiger partial charge in [-0.3, -0.25) is 19.3 Å². The Morgan fingerprint density at radius 3 is 2.19 bits per heavy atom. The average Bonchev–Trinajstić information content (AvgIpc) is 2.90. The Morgan fingerprint density at radius 1 is 1.00 bits per heavy atom. The Balaban J connectivity index is 1.95. The summed E-state index contributed by atoms with van der Waals surface area (Å²) in [7, 11) is 0. The molecule has 1 heterocycles.